The number of nitrogens with one attached hydrogen (secondary N) is 2. The van der Waals surface area contributed by atoms with E-state index in [-0.39, 0.29) is 12.2 Å². The van der Waals surface area contributed by atoms with Crippen molar-refractivity contribution in [1.82, 2.24) is 5.32 Å². The zero-order chi connectivity index (χ0) is 16.3. The van der Waals surface area contributed by atoms with E-state index in [1.54, 1.807) is 0 Å². The first-order valence-electron chi connectivity index (χ1n) is 6.11. The van der Waals surface area contributed by atoms with Crippen molar-refractivity contribution >= 4 is 11.7 Å². The largest absolute Gasteiger partial charge is 0.480 e. The highest BCUT2D eigenvalue weighted by molar-refractivity contribution is 5.78. The number of anilines is 1. The molecule has 1 aromatic carbocycles. The van der Waals surface area contributed by atoms with E-state index in [0.717, 1.165) is 6.07 Å². The van der Waals surface area contributed by atoms with Gasteiger partial charge in [0, 0.05) is 19.3 Å². The number of carbonyl (C=O) groups is 1. The van der Waals surface area contributed by atoms with Gasteiger partial charge in [-0.3, -0.25) is 10.1 Å². The molecule has 8 heteroatoms. The number of alkyl halides is 3. The number of rotatable bonds is 6. The second kappa shape index (κ2) is 6.31. The van der Waals surface area contributed by atoms with Crippen molar-refractivity contribution in [2.45, 2.75) is 25.2 Å². The maximum atomic E-state index is 12.7. The van der Waals surface area contributed by atoms with Crippen LogP contribution in [0.25, 0.3) is 0 Å². The van der Waals surface area contributed by atoms with Crippen LogP contribution in [-0.4, -0.2) is 35.4 Å². The highest BCUT2D eigenvalue weighted by atomic mass is 19.4. The highest BCUT2D eigenvalue weighted by Gasteiger charge is 2.34. The number of halogens is 3. The van der Waals surface area contributed by atoms with Gasteiger partial charge in [0.15, 0.2) is 0 Å². The zero-order valence-corrected chi connectivity index (χ0v) is 11.6. The quantitative estimate of drug-likeness (QED) is 0.643. The van der Waals surface area contributed by atoms with Crippen molar-refractivity contribution in [3.63, 3.8) is 0 Å². The van der Waals surface area contributed by atoms with Crippen LogP contribution in [0.3, 0.4) is 0 Å². The maximum Gasteiger partial charge on any atom is 0.418 e. The number of carboxylic acid groups (broad SMARTS) is 1. The Hall–Kier alpha value is -1.80. The van der Waals surface area contributed by atoms with E-state index in [1.165, 1.54) is 26.1 Å². The lowest BCUT2D eigenvalue weighted by Crippen LogP contribution is -2.52. The van der Waals surface area contributed by atoms with Crippen LogP contribution >= 0.6 is 0 Å². The summed E-state index contributed by atoms with van der Waals surface area (Å²) in [5.41, 5.74) is -1.98. The molecule has 0 fully saturated rings. The Balaban J connectivity index is 2.94. The SMILES string of the molecule is CNc1cc(CNC(C)(CO)C(=O)O)ccc1C(F)(F)F. The lowest BCUT2D eigenvalue weighted by Gasteiger charge is -2.24. The zero-order valence-electron chi connectivity index (χ0n) is 11.6. The monoisotopic (exact) mass is 306 g/mol. The Morgan fingerprint density at radius 3 is 2.38 bits per heavy atom. The van der Waals surface area contributed by atoms with Crippen molar-refractivity contribution in [2.75, 3.05) is 19.0 Å². The molecular weight excluding hydrogens is 289 g/mol. The van der Waals surface area contributed by atoms with Gasteiger partial charge in [0.1, 0.15) is 5.54 Å². The van der Waals surface area contributed by atoms with Gasteiger partial charge in [0.2, 0.25) is 0 Å². The molecule has 21 heavy (non-hydrogen) atoms. The second-order valence-electron chi connectivity index (χ2n) is 4.78. The smallest absolute Gasteiger partial charge is 0.418 e. The van der Waals surface area contributed by atoms with Crippen molar-refractivity contribution < 1.29 is 28.2 Å². The van der Waals surface area contributed by atoms with E-state index in [0.29, 0.717) is 5.56 Å². The number of aliphatic hydroxyl groups excluding tert-OH is 1. The third-order valence-corrected chi connectivity index (χ3v) is 3.13. The van der Waals surface area contributed by atoms with Gasteiger partial charge in [-0.15, -0.1) is 0 Å². The lowest BCUT2D eigenvalue weighted by atomic mass is 10.0. The van der Waals surface area contributed by atoms with Gasteiger partial charge in [-0.2, -0.15) is 13.2 Å². The normalized spacial score (nSPS) is 14.6. The van der Waals surface area contributed by atoms with Crippen LogP contribution in [0.5, 0.6) is 0 Å². The fraction of sp³-hybridized carbons (Fsp3) is 0.462. The van der Waals surface area contributed by atoms with Crippen molar-refractivity contribution in [3.05, 3.63) is 29.3 Å². The van der Waals surface area contributed by atoms with Crippen LogP contribution < -0.4 is 10.6 Å². The molecule has 1 atom stereocenters. The number of benzene rings is 1. The van der Waals surface area contributed by atoms with Crippen LogP contribution in [0.4, 0.5) is 18.9 Å². The van der Waals surface area contributed by atoms with Crippen LogP contribution in [-0.2, 0) is 17.5 Å². The fourth-order valence-corrected chi connectivity index (χ4v) is 1.65. The van der Waals surface area contributed by atoms with E-state index in [4.69, 9.17) is 10.2 Å². The molecule has 0 spiro atoms. The maximum absolute atomic E-state index is 12.7. The number of aliphatic hydroxyl groups is 1. The summed E-state index contributed by atoms with van der Waals surface area (Å²) in [6.07, 6.45) is -4.47. The first kappa shape index (κ1) is 17.3. The van der Waals surface area contributed by atoms with E-state index in [2.05, 4.69) is 10.6 Å². The molecule has 1 rings (SSSR count). The summed E-state index contributed by atoms with van der Waals surface area (Å²) in [7, 11) is 1.37. The molecule has 0 aromatic heterocycles. The summed E-state index contributed by atoms with van der Waals surface area (Å²) in [6, 6.07) is 3.48. The highest BCUT2D eigenvalue weighted by Crippen LogP contribution is 2.35. The van der Waals surface area contributed by atoms with Gasteiger partial charge in [-0.05, 0) is 24.6 Å². The van der Waals surface area contributed by atoms with Gasteiger partial charge >= 0.3 is 12.1 Å². The van der Waals surface area contributed by atoms with E-state index < -0.39 is 29.9 Å². The summed E-state index contributed by atoms with van der Waals surface area (Å²) in [4.78, 5) is 11.0. The molecule has 0 heterocycles. The molecule has 1 unspecified atom stereocenters. The molecule has 0 aliphatic rings. The Labute approximate surface area is 119 Å². The molecule has 0 aliphatic carbocycles. The standard InChI is InChI=1S/C13H17F3N2O3/c1-12(7-19,11(20)21)18-6-8-3-4-9(13(14,15)16)10(5-8)17-2/h3-5,17-19H,6-7H2,1-2H3,(H,20,21). The second-order valence-corrected chi connectivity index (χ2v) is 4.78. The third kappa shape index (κ3) is 4.08. The van der Waals surface area contributed by atoms with Crippen LogP contribution in [0.1, 0.15) is 18.1 Å². The molecule has 0 amide bonds. The first-order valence-corrected chi connectivity index (χ1v) is 6.11. The van der Waals surface area contributed by atoms with Gasteiger partial charge < -0.3 is 15.5 Å². The third-order valence-electron chi connectivity index (χ3n) is 3.13. The molecule has 5 nitrogen and oxygen atoms in total. The van der Waals surface area contributed by atoms with Gasteiger partial charge in [0.05, 0.1) is 12.2 Å². The molecule has 0 saturated heterocycles. The number of aliphatic carboxylic acids is 1. The molecule has 0 bridgehead atoms. The Bertz CT molecular complexity index is 520. The van der Waals surface area contributed by atoms with Crippen molar-refractivity contribution in [1.29, 1.82) is 0 Å². The number of hydrogen-bond acceptors (Lipinski definition) is 4. The molecule has 0 aliphatic heterocycles. The summed E-state index contributed by atoms with van der Waals surface area (Å²) < 4.78 is 38.2. The number of carboxylic acids is 1. The fourth-order valence-electron chi connectivity index (χ4n) is 1.65. The summed E-state index contributed by atoms with van der Waals surface area (Å²) in [5, 5.41) is 23.1. The molecule has 0 radical (unpaired) electrons. The first-order chi connectivity index (χ1) is 9.64. The van der Waals surface area contributed by atoms with Gasteiger partial charge in [-0.1, -0.05) is 6.07 Å². The van der Waals surface area contributed by atoms with Crippen molar-refractivity contribution in [2.24, 2.45) is 0 Å². The van der Waals surface area contributed by atoms with Gasteiger partial charge in [0.25, 0.3) is 0 Å². The number of hydrogen-bond donors (Lipinski definition) is 4. The average Bonchev–Trinajstić information content (AvgIpc) is 2.43. The summed E-state index contributed by atoms with van der Waals surface area (Å²) in [5.74, 6) is -1.24. The van der Waals surface area contributed by atoms with E-state index in [1.807, 2.05) is 0 Å². The summed E-state index contributed by atoms with van der Waals surface area (Å²) in [6.45, 7) is 0.663. The predicted octanol–water partition coefficient (Wildman–Crippen LogP) is 1.67. The van der Waals surface area contributed by atoms with Gasteiger partial charge in [-0.25, -0.2) is 0 Å². The van der Waals surface area contributed by atoms with Crippen LogP contribution in [0.2, 0.25) is 0 Å². The minimum Gasteiger partial charge on any atom is -0.480 e. The van der Waals surface area contributed by atoms with Crippen molar-refractivity contribution in [3.8, 4) is 0 Å². The molecule has 118 valence electrons. The minimum atomic E-state index is -4.47. The van der Waals surface area contributed by atoms with E-state index >= 15 is 0 Å². The minimum absolute atomic E-state index is 0.0101. The van der Waals surface area contributed by atoms with Crippen LogP contribution in [0, 0.1) is 0 Å². The molecule has 4 N–H and O–H groups in total. The molecule has 1 aromatic rings. The molecular formula is C13H17F3N2O3. The Morgan fingerprint density at radius 2 is 1.95 bits per heavy atom. The average molecular weight is 306 g/mol. The Kier molecular flexibility index (Phi) is 5.19. The predicted molar refractivity (Wildman–Crippen MR) is 71.0 cm³/mol. The van der Waals surface area contributed by atoms with E-state index in [9.17, 15) is 18.0 Å². The summed E-state index contributed by atoms with van der Waals surface area (Å²) >= 11 is 0. The molecule has 0 saturated carbocycles. The Morgan fingerprint density at radius 1 is 1.33 bits per heavy atom. The lowest BCUT2D eigenvalue weighted by molar-refractivity contribution is -0.146. The van der Waals surface area contributed by atoms with Crippen LogP contribution in [0.15, 0.2) is 18.2 Å². The topological polar surface area (TPSA) is 81.6 Å².